The Hall–Kier alpha value is -0.680. The molecule has 2 rings (SSSR count). The second-order valence-corrected chi connectivity index (χ2v) is 6.30. The van der Waals surface area contributed by atoms with Gasteiger partial charge in [-0.25, -0.2) is 0 Å². The first-order valence-electron chi connectivity index (χ1n) is 5.93. The van der Waals surface area contributed by atoms with Crippen LogP contribution in [0, 0.1) is 0 Å². The van der Waals surface area contributed by atoms with Gasteiger partial charge in [0.05, 0.1) is 12.7 Å². The molecule has 0 saturated carbocycles. The van der Waals surface area contributed by atoms with Crippen LogP contribution in [0.2, 0.25) is 0 Å². The number of carbonyl (C=O) groups is 1. The predicted octanol–water partition coefficient (Wildman–Crippen LogP) is 3.08. The van der Waals surface area contributed by atoms with Gasteiger partial charge in [0.15, 0.2) is 0 Å². The Kier molecular flexibility index (Phi) is 4.95. The number of hydrogen-bond acceptors (Lipinski definition) is 3. The third-order valence-electron chi connectivity index (χ3n) is 2.90. The monoisotopic (exact) mass is 329 g/mol. The molecule has 0 aromatic heterocycles. The number of halogens is 1. The van der Waals surface area contributed by atoms with E-state index in [9.17, 15) is 4.79 Å². The normalized spacial score (nSPS) is 19.3. The van der Waals surface area contributed by atoms with E-state index in [2.05, 4.69) is 21.2 Å². The van der Waals surface area contributed by atoms with Crippen LogP contribution in [0.5, 0.6) is 5.75 Å². The first-order chi connectivity index (χ1) is 8.70. The van der Waals surface area contributed by atoms with Crippen molar-refractivity contribution in [2.24, 2.45) is 0 Å². The van der Waals surface area contributed by atoms with Gasteiger partial charge in [0.1, 0.15) is 5.75 Å². The lowest BCUT2D eigenvalue weighted by Gasteiger charge is -2.22. The molecule has 5 heteroatoms. The van der Waals surface area contributed by atoms with Gasteiger partial charge in [0.2, 0.25) is 0 Å². The lowest BCUT2D eigenvalue weighted by molar-refractivity contribution is 0.0935. The molecular weight excluding hydrogens is 314 g/mol. The van der Waals surface area contributed by atoms with E-state index in [1.807, 2.05) is 23.9 Å². The Morgan fingerprint density at radius 2 is 2.39 bits per heavy atom. The molecule has 1 amide bonds. The summed E-state index contributed by atoms with van der Waals surface area (Å²) in [6.45, 7) is 0. The fourth-order valence-electron chi connectivity index (χ4n) is 1.97. The summed E-state index contributed by atoms with van der Waals surface area (Å²) in [7, 11) is 1.58. The maximum absolute atomic E-state index is 12.2. The van der Waals surface area contributed by atoms with Crippen LogP contribution in [0.25, 0.3) is 0 Å². The molecule has 0 spiro atoms. The van der Waals surface area contributed by atoms with Crippen LogP contribution in [0.1, 0.15) is 23.2 Å². The van der Waals surface area contributed by atoms with Crippen LogP contribution in [0.3, 0.4) is 0 Å². The number of carbonyl (C=O) groups excluding carboxylic acids is 1. The van der Waals surface area contributed by atoms with Crippen molar-refractivity contribution < 1.29 is 9.53 Å². The van der Waals surface area contributed by atoms with E-state index in [0.717, 1.165) is 16.6 Å². The average Bonchev–Trinajstić information content (AvgIpc) is 2.39. The molecule has 0 bridgehead atoms. The highest BCUT2D eigenvalue weighted by Crippen LogP contribution is 2.24. The Labute approximate surface area is 120 Å². The summed E-state index contributed by atoms with van der Waals surface area (Å²) in [6, 6.07) is 5.73. The van der Waals surface area contributed by atoms with Gasteiger partial charge in [-0.3, -0.25) is 4.79 Å². The summed E-state index contributed by atoms with van der Waals surface area (Å²) in [5.41, 5.74) is 0.594. The maximum Gasteiger partial charge on any atom is 0.255 e. The minimum Gasteiger partial charge on any atom is -0.496 e. The van der Waals surface area contributed by atoms with Crippen molar-refractivity contribution in [2.75, 3.05) is 18.6 Å². The molecule has 1 heterocycles. The summed E-state index contributed by atoms with van der Waals surface area (Å²) in [6.07, 6.45) is 2.24. The van der Waals surface area contributed by atoms with E-state index in [1.54, 1.807) is 13.2 Å². The molecule has 1 saturated heterocycles. The molecule has 0 radical (unpaired) electrons. The third-order valence-corrected chi connectivity index (χ3v) is 4.61. The van der Waals surface area contributed by atoms with E-state index in [0.29, 0.717) is 11.3 Å². The zero-order valence-electron chi connectivity index (χ0n) is 10.2. The molecule has 1 aliphatic heterocycles. The lowest BCUT2D eigenvalue weighted by Crippen LogP contribution is -2.38. The zero-order valence-corrected chi connectivity index (χ0v) is 12.6. The summed E-state index contributed by atoms with van der Waals surface area (Å²) in [5, 5.41) is 3.07. The Balaban J connectivity index is 2.08. The van der Waals surface area contributed by atoms with Crippen molar-refractivity contribution in [1.29, 1.82) is 0 Å². The maximum atomic E-state index is 12.2. The summed E-state index contributed by atoms with van der Waals surface area (Å²) in [5.74, 6) is 2.76. The van der Waals surface area contributed by atoms with Gasteiger partial charge in [-0.1, -0.05) is 15.9 Å². The van der Waals surface area contributed by atoms with Gasteiger partial charge in [-0.15, -0.1) is 0 Å². The Morgan fingerprint density at radius 1 is 1.56 bits per heavy atom. The topological polar surface area (TPSA) is 38.3 Å². The standard InChI is InChI=1S/C13H16BrNO2S/c1-17-12-7-9(14)4-5-11(12)13(16)15-10-3-2-6-18-8-10/h4-5,7,10H,2-3,6,8H2,1H3,(H,15,16). The largest absolute Gasteiger partial charge is 0.496 e. The van der Waals surface area contributed by atoms with E-state index >= 15 is 0 Å². The molecule has 98 valence electrons. The van der Waals surface area contributed by atoms with Crippen molar-refractivity contribution in [3.05, 3.63) is 28.2 Å². The molecular formula is C13H16BrNO2S. The quantitative estimate of drug-likeness (QED) is 0.926. The van der Waals surface area contributed by atoms with E-state index < -0.39 is 0 Å². The van der Waals surface area contributed by atoms with Gasteiger partial charge in [-0.2, -0.15) is 11.8 Å². The van der Waals surface area contributed by atoms with Crippen molar-refractivity contribution in [3.8, 4) is 5.75 Å². The molecule has 3 nitrogen and oxygen atoms in total. The number of amides is 1. The molecule has 1 aromatic carbocycles. The molecule has 1 atom stereocenters. The van der Waals surface area contributed by atoms with Crippen molar-refractivity contribution >= 4 is 33.6 Å². The fourth-order valence-corrected chi connectivity index (χ4v) is 3.38. The van der Waals surface area contributed by atoms with Crippen LogP contribution in [-0.4, -0.2) is 30.6 Å². The van der Waals surface area contributed by atoms with Crippen molar-refractivity contribution in [1.82, 2.24) is 5.32 Å². The Morgan fingerprint density at radius 3 is 3.06 bits per heavy atom. The minimum absolute atomic E-state index is 0.0492. The fraction of sp³-hybridized carbons (Fsp3) is 0.462. The summed E-state index contributed by atoms with van der Waals surface area (Å²) < 4.78 is 6.15. The molecule has 1 aliphatic rings. The van der Waals surface area contributed by atoms with E-state index in [-0.39, 0.29) is 11.9 Å². The van der Waals surface area contributed by atoms with Crippen LogP contribution >= 0.6 is 27.7 Å². The zero-order chi connectivity index (χ0) is 13.0. The summed E-state index contributed by atoms with van der Waals surface area (Å²) in [4.78, 5) is 12.2. The van der Waals surface area contributed by atoms with Crippen LogP contribution in [0.15, 0.2) is 22.7 Å². The highest BCUT2D eigenvalue weighted by molar-refractivity contribution is 9.10. The molecule has 18 heavy (non-hydrogen) atoms. The average molecular weight is 330 g/mol. The number of methoxy groups -OCH3 is 1. The number of benzene rings is 1. The molecule has 1 aromatic rings. The number of nitrogens with one attached hydrogen (secondary N) is 1. The van der Waals surface area contributed by atoms with Crippen LogP contribution < -0.4 is 10.1 Å². The second-order valence-electron chi connectivity index (χ2n) is 4.23. The van der Waals surface area contributed by atoms with E-state index in [4.69, 9.17) is 4.74 Å². The first kappa shape index (κ1) is 13.7. The SMILES string of the molecule is COc1cc(Br)ccc1C(=O)NC1CCCSC1. The second kappa shape index (κ2) is 6.48. The molecule has 1 N–H and O–H groups in total. The molecule has 0 aliphatic carbocycles. The first-order valence-corrected chi connectivity index (χ1v) is 7.87. The number of thioether (sulfide) groups is 1. The lowest BCUT2D eigenvalue weighted by atomic mass is 10.1. The highest BCUT2D eigenvalue weighted by atomic mass is 79.9. The Bertz CT molecular complexity index is 433. The predicted molar refractivity (Wildman–Crippen MR) is 78.5 cm³/mol. The number of ether oxygens (including phenoxy) is 1. The van der Waals surface area contributed by atoms with Crippen LogP contribution in [0.4, 0.5) is 0 Å². The number of rotatable bonds is 3. The van der Waals surface area contributed by atoms with Gasteiger partial charge in [-0.05, 0) is 36.8 Å². The summed E-state index contributed by atoms with van der Waals surface area (Å²) >= 11 is 5.27. The van der Waals surface area contributed by atoms with Gasteiger partial charge in [0.25, 0.3) is 5.91 Å². The van der Waals surface area contributed by atoms with Crippen LogP contribution in [-0.2, 0) is 0 Å². The van der Waals surface area contributed by atoms with Crippen molar-refractivity contribution in [3.63, 3.8) is 0 Å². The highest BCUT2D eigenvalue weighted by Gasteiger charge is 2.19. The molecule has 1 unspecified atom stereocenters. The van der Waals surface area contributed by atoms with Gasteiger partial charge in [0, 0.05) is 16.3 Å². The third kappa shape index (κ3) is 3.42. The van der Waals surface area contributed by atoms with Crippen molar-refractivity contribution in [2.45, 2.75) is 18.9 Å². The van der Waals surface area contributed by atoms with Gasteiger partial charge >= 0.3 is 0 Å². The smallest absolute Gasteiger partial charge is 0.255 e. The minimum atomic E-state index is -0.0492. The van der Waals surface area contributed by atoms with Gasteiger partial charge < -0.3 is 10.1 Å². The molecule has 1 fully saturated rings. The van der Waals surface area contributed by atoms with E-state index in [1.165, 1.54) is 12.2 Å². The number of hydrogen-bond donors (Lipinski definition) is 1.